The van der Waals surface area contributed by atoms with Gasteiger partial charge in [0.15, 0.2) is 6.10 Å². The molecule has 0 aliphatic carbocycles. The summed E-state index contributed by atoms with van der Waals surface area (Å²) < 4.78 is 29.9. The van der Waals surface area contributed by atoms with Crippen molar-refractivity contribution in [3.8, 4) is 5.69 Å². The molecule has 146 valence electrons. The van der Waals surface area contributed by atoms with Crippen molar-refractivity contribution in [1.29, 1.82) is 0 Å². The lowest BCUT2D eigenvalue weighted by atomic mass is 10.3. The number of nitrogens with two attached hydrogens (primary N) is 1. The molecule has 2 heterocycles. The molecule has 28 heavy (non-hydrogen) atoms. The van der Waals surface area contributed by atoms with Crippen molar-refractivity contribution in [3.05, 3.63) is 65.1 Å². The number of hydrogen-bond acceptors (Lipinski definition) is 6. The lowest BCUT2D eigenvalue weighted by Gasteiger charge is -2.14. The second-order valence-corrected chi connectivity index (χ2v) is 8.31. The summed E-state index contributed by atoms with van der Waals surface area (Å²) in [5, 5.41) is 9.35. The van der Waals surface area contributed by atoms with E-state index in [4.69, 9.17) is 9.88 Å². The van der Waals surface area contributed by atoms with E-state index in [1.54, 1.807) is 28.4 Å². The third kappa shape index (κ3) is 4.47. The summed E-state index contributed by atoms with van der Waals surface area (Å²) in [6.07, 6.45) is 2.51. The maximum Gasteiger partial charge on any atom is 0.351 e. The van der Waals surface area contributed by atoms with Crippen molar-refractivity contribution < 1.29 is 22.7 Å². The summed E-state index contributed by atoms with van der Waals surface area (Å²) in [5.74, 6) is -1.22. The van der Waals surface area contributed by atoms with E-state index in [0.717, 1.165) is 0 Å². The zero-order valence-electron chi connectivity index (χ0n) is 14.7. The molecule has 3 rings (SSSR count). The Labute approximate surface area is 165 Å². The zero-order valence-corrected chi connectivity index (χ0v) is 16.4. The molecule has 8 nitrogen and oxygen atoms in total. The van der Waals surface area contributed by atoms with Crippen molar-refractivity contribution in [2.24, 2.45) is 5.14 Å². The number of hydrogen-bond donors (Lipinski definition) is 2. The molecular formula is C18H17N3O5S2. The Hall–Kier alpha value is -2.95. The Morgan fingerprint density at radius 1 is 1.18 bits per heavy atom. The average Bonchev–Trinajstić information content (AvgIpc) is 3.32. The lowest BCUT2D eigenvalue weighted by Crippen LogP contribution is -2.30. The number of aromatic nitrogens is 1. The molecule has 2 aromatic heterocycles. The van der Waals surface area contributed by atoms with Crippen LogP contribution in [-0.4, -0.2) is 31.0 Å². The van der Waals surface area contributed by atoms with Gasteiger partial charge in [-0.05, 0) is 48.7 Å². The van der Waals surface area contributed by atoms with Gasteiger partial charge in [0.25, 0.3) is 5.91 Å². The van der Waals surface area contributed by atoms with Crippen molar-refractivity contribution in [3.63, 3.8) is 0 Å². The third-order valence-corrected chi connectivity index (χ3v) is 5.59. The van der Waals surface area contributed by atoms with Crippen LogP contribution in [0, 0.1) is 0 Å². The maximum atomic E-state index is 12.5. The Balaban J connectivity index is 1.68. The van der Waals surface area contributed by atoms with Crippen LogP contribution < -0.4 is 10.5 Å². The number of thiophene rings is 1. The molecular weight excluding hydrogens is 402 g/mol. The fraction of sp³-hybridized carbons (Fsp3) is 0.111. The van der Waals surface area contributed by atoms with Crippen molar-refractivity contribution in [2.45, 2.75) is 17.9 Å². The highest BCUT2D eigenvalue weighted by Crippen LogP contribution is 2.23. The number of anilines is 1. The molecule has 1 aromatic carbocycles. The molecule has 0 spiro atoms. The first-order valence-corrected chi connectivity index (χ1v) is 10.5. The predicted molar refractivity (Wildman–Crippen MR) is 105 cm³/mol. The van der Waals surface area contributed by atoms with E-state index in [9.17, 15) is 18.0 Å². The molecule has 1 unspecified atom stereocenters. The molecule has 3 N–H and O–H groups in total. The van der Waals surface area contributed by atoms with Gasteiger partial charge in [0.1, 0.15) is 4.88 Å². The van der Waals surface area contributed by atoms with Crippen LogP contribution in [-0.2, 0) is 19.6 Å². The first-order valence-electron chi connectivity index (χ1n) is 8.11. The maximum absolute atomic E-state index is 12.5. The van der Waals surface area contributed by atoms with Crippen molar-refractivity contribution in [1.82, 2.24) is 4.57 Å². The van der Waals surface area contributed by atoms with E-state index < -0.39 is 28.0 Å². The van der Waals surface area contributed by atoms with Crippen LogP contribution in [0.4, 0.5) is 5.69 Å². The van der Waals surface area contributed by atoms with Gasteiger partial charge >= 0.3 is 5.97 Å². The lowest BCUT2D eigenvalue weighted by molar-refractivity contribution is -0.123. The first-order chi connectivity index (χ1) is 13.3. The van der Waals surface area contributed by atoms with Gasteiger partial charge < -0.3 is 14.6 Å². The van der Waals surface area contributed by atoms with Crippen LogP contribution in [0.3, 0.4) is 0 Å². The largest absolute Gasteiger partial charge is 0.448 e. The van der Waals surface area contributed by atoms with E-state index in [-0.39, 0.29) is 10.6 Å². The highest BCUT2D eigenvalue weighted by Gasteiger charge is 2.22. The van der Waals surface area contributed by atoms with Gasteiger partial charge in [-0.2, -0.15) is 0 Å². The van der Waals surface area contributed by atoms with Gasteiger partial charge in [0.05, 0.1) is 10.6 Å². The molecule has 0 fully saturated rings. The standard InChI is InChI=1S/C18H17N3O5S2/c1-12(17(22)20-13-5-4-6-14(11-13)28(19,24)25)26-18(23)16-15(7-10-27-16)21-8-2-3-9-21/h2-12H,1H3,(H,20,22)(H2,19,24,25). The number of carbonyl (C=O) groups excluding carboxylic acids is 2. The summed E-state index contributed by atoms with van der Waals surface area (Å²) in [4.78, 5) is 25.0. The van der Waals surface area contributed by atoms with Crippen LogP contribution >= 0.6 is 11.3 Å². The molecule has 1 atom stereocenters. The fourth-order valence-corrected chi connectivity index (χ4v) is 3.75. The summed E-state index contributed by atoms with van der Waals surface area (Å²) in [5.41, 5.74) is 0.886. The Kier molecular flexibility index (Phi) is 5.63. The molecule has 10 heteroatoms. The van der Waals surface area contributed by atoms with E-state index in [1.165, 1.54) is 42.5 Å². The Morgan fingerprint density at radius 2 is 1.89 bits per heavy atom. The monoisotopic (exact) mass is 419 g/mol. The fourth-order valence-electron chi connectivity index (χ4n) is 2.42. The van der Waals surface area contributed by atoms with Gasteiger partial charge in [-0.15, -0.1) is 11.3 Å². The average molecular weight is 419 g/mol. The minimum atomic E-state index is -3.89. The van der Waals surface area contributed by atoms with Crippen LogP contribution in [0.5, 0.6) is 0 Å². The number of rotatable bonds is 6. The molecule has 0 bridgehead atoms. The number of sulfonamides is 1. The van der Waals surface area contributed by atoms with Crippen LogP contribution in [0.15, 0.2) is 65.1 Å². The second-order valence-electron chi connectivity index (χ2n) is 5.83. The van der Waals surface area contributed by atoms with E-state index >= 15 is 0 Å². The number of benzene rings is 1. The van der Waals surface area contributed by atoms with Gasteiger partial charge in [-0.3, -0.25) is 4.79 Å². The number of amides is 1. The van der Waals surface area contributed by atoms with E-state index in [1.807, 2.05) is 12.1 Å². The van der Waals surface area contributed by atoms with Crippen molar-refractivity contribution in [2.75, 3.05) is 5.32 Å². The summed E-state index contributed by atoms with van der Waals surface area (Å²) >= 11 is 1.21. The molecule has 0 saturated carbocycles. The normalized spacial score (nSPS) is 12.4. The molecule has 1 amide bonds. The van der Waals surface area contributed by atoms with Crippen LogP contribution in [0.1, 0.15) is 16.6 Å². The van der Waals surface area contributed by atoms with Crippen LogP contribution in [0.25, 0.3) is 5.69 Å². The highest BCUT2D eigenvalue weighted by molar-refractivity contribution is 7.89. The van der Waals surface area contributed by atoms with E-state index in [0.29, 0.717) is 10.6 Å². The van der Waals surface area contributed by atoms with Gasteiger partial charge in [0.2, 0.25) is 10.0 Å². The van der Waals surface area contributed by atoms with E-state index in [2.05, 4.69) is 5.32 Å². The molecule has 3 aromatic rings. The molecule has 0 saturated heterocycles. The summed E-state index contributed by atoms with van der Waals surface area (Å²) in [7, 11) is -3.89. The third-order valence-electron chi connectivity index (χ3n) is 3.80. The molecule has 0 radical (unpaired) electrons. The Bertz CT molecular complexity index is 1100. The summed E-state index contributed by atoms with van der Waals surface area (Å²) in [6, 6.07) is 10.9. The quantitative estimate of drug-likeness (QED) is 0.594. The number of nitrogens with one attached hydrogen (secondary N) is 1. The number of nitrogens with zero attached hydrogens (tertiary/aromatic N) is 1. The Morgan fingerprint density at radius 3 is 2.57 bits per heavy atom. The van der Waals surface area contributed by atoms with Gasteiger partial charge in [-0.25, -0.2) is 18.4 Å². The molecule has 0 aliphatic rings. The molecule has 0 aliphatic heterocycles. The van der Waals surface area contributed by atoms with Crippen molar-refractivity contribution >= 4 is 38.9 Å². The number of primary sulfonamides is 1. The highest BCUT2D eigenvalue weighted by atomic mass is 32.2. The SMILES string of the molecule is CC(OC(=O)c1sccc1-n1cccc1)C(=O)Nc1cccc(S(N)(=O)=O)c1. The zero-order chi connectivity index (χ0) is 20.3. The van der Waals surface area contributed by atoms with Crippen LogP contribution in [0.2, 0.25) is 0 Å². The number of esters is 1. The second kappa shape index (κ2) is 7.97. The smallest absolute Gasteiger partial charge is 0.351 e. The van der Waals surface area contributed by atoms with Gasteiger partial charge in [0, 0.05) is 18.1 Å². The van der Waals surface area contributed by atoms with Gasteiger partial charge in [-0.1, -0.05) is 6.07 Å². The predicted octanol–water partition coefficient (Wildman–Crippen LogP) is 2.37. The minimum Gasteiger partial charge on any atom is -0.448 e. The minimum absolute atomic E-state index is 0.134. The first kappa shape index (κ1) is 19.8. The number of carbonyl (C=O) groups is 2. The number of ether oxygens (including phenoxy) is 1. The topological polar surface area (TPSA) is 120 Å². The summed E-state index contributed by atoms with van der Waals surface area (Å²) in [6.45, 7) is 1.43.